The number of carbonyl (C=O) groups excluding carboxylic acids is 2. The lowest BCUT2D eigenvalue weighted by Crippen LogP contribution is -2.30. The first-order valence-electron chi connectivity index (χ1n) is 9.93. The second-order valence-corrected chi connectivity index (χ2v) is 7.77. The molecule has 0 aliphatic heterocycles. The van der Waals surface area contributed by atoms with Crippen molar-refractivity contribution in [1.82, 2.24) is 5.32 Å². The van der Waals surface area contributed by atoms with Crippen LogP contribution >= 0.6 is 11.3 Å². The van der Waals surface area contributed by atoms with Crippen molar-refractivity contribution in [3.8, 4) is 11.5 Å². The number of thiophene rings is 1. The molecular formula is C26H20N2O3S. The van der Waals surface area contributed by atoms with Gasteiger partial charge >= 0.3 is 0 Å². The highest BCUT2D eigenvalue weighted by atomic mass is 32.1. The molecule has 158 valence electrons. The van der Waals surface area contributed by atoms with Gasteiger partial charge in [0.05, 0.1) is 0 Å². The first-order valence-corrected chi connectivity index (χ1v) is 10.8. The quantitative estimate of drug-likeness (QED) is 0.349. The van der Waals surface area contributed by atoms with Gasteiger partial charge < -0.3 is 15.4 Å². The Morgan fingerprint density at radius 3 is 2.06 bits per heavy atom. The van der Waals surface area contributed by atoms with Crippen LogP contribution in [0.15, 0.2) is 108 Å². The minimum atomic E-state index is -0.417. The molecule has 2 amide bonds. The number of nitrogens with one attached hydrogen (secondary N) is 2. The van der Waals surface area contributed by atoms with E-state index in [-0.39, 0.29) is 11.6 Å². The van der Waals surface area contributed by atoms with Crippen molar-refractivity contribution < 1.29 is 14.3 Å². The van der Waals surface area contributed by atoms with E-state index in [0.717, 1.165) is 10.6 Å². The molecule has 0 aliphatic rings. The monoisotopic (exact) mass is 440 g/mol. The molecule has 32 heavy (non-hydrogen) atoms. The summed E-state index contributed by atoms with van der Waals surface area (Å²) in [6, 6.07) is 29.0. The molecular weight excluding hydrogens is 420 g/mol. The highest BCUT2D eigenvalue weighted by molar-refractivity contribution is 7.10. The van der Waals surface area contributed by atoms with Gasteiger partial charge in [-0.25, -0.2) is 0 Å². The van der Waals surface area contributed by atoms with Gasteiger partial charge in [0.1, 0.15) is 17.2 Å². The zero-order valence-corrected chi connectivity index (χ0v) is 17.8. The number of amides is 2. The van der Waals surface area contributed by atoms with E-state index in [9.17, 15) is 9.59 Å². The SMILES string of the molecule is O=C(Nc1ccc(Oc2ccccc2)cc1)/C(=C/c1cccs1)NC(=O)c1ccccc1. The maximum Gasteiger partial charge on any atom is 0.272 e. The van der Waals surface area contributed by atoms with Gasteiger partial charge in [0.25, 0.3) is 11.8 Å². The number of hydrogen-bond acceptors (Lipinski definition) is 4. The van der Waals surface area contributed by atoms with Crippen molar-refractivity contribution >= 4 is 34.9 Å². The summed E-state index contributed by atoms with van der Waals surface area (Å²) in [5.74, 6) is 0.615. The largest absolute Gasteiger partial charge is 0.457 e. The van der Waals surface area contributed by atoms with Gasteiger partial charge in [-0.1, -0.05) is 42.5 Å². The van der Waals surface area contributed by atoms with E-state index < -0.39 is 5.91 Å². The maximum atomic E-state index is 13.0. The van der Waals surface area contributed by atoms with Crippen LogP contribution in [-0.4, -0.2) is 11.8 Å². The lowest BCUT2D eigenvalue weighted by molar-refractivity contribution is -0.113. The number of para-hydroxylation sites is 1. The average molecular weight is 441 g/mol. The van der Waals surface area contributed by atoms with Crippen molar-refractivity contribution in [1.29, 1.82) is 0 Å². The van der Waals surface area contributed by atoms with Gasteiger partial charge in [0.2, 0.25) is 0 Å². The molecule has 5 nitrogen and oxygen atoms in total. The first-order chi connectivity index (χ1) is 15.7. The van der Waals surface area contributed by atoms with Crippen LogP contribution in [0.3, 0.4) is 0 Å². The summed E-state index contributed by atoms with van der Waals surface area (Å²) in [6.45, 7) is 0. The lowest BCUT2D eigenvalue weighted by Gasteiger charge is -2.12. The topological polar surface area (TPSA) is 67.4 Å². The molecule has 0 radical (unpaired) electrons. The summed E-state index contributed by atoms with van der Waals surface area (Å²) in [5, 5.41) is 7.47. The fourth-order valence-corrected chi connectivity index (χ4v) is 3.54. The Morgan fingerprint density at radius 2 is 1.41 bits per heavy atom. The fourth-order valence-electron chi connectivity index (χ4n) is 2.89. The molecule has 0 spiro atoms. The van der Waals surface area contributed by atoms with Crippen LogP contribution in [0.1, 0.15) is 15.2 Å². The van der Waals surface area contributed by atoms with Crippen LogP contribution in [0.5, 0.6) is 11.5 Å². The van der Waals surface area contributed by atoms with Crippen LogP contribution in [0, 0.1) is 0 Å². The van der Waals surface area contributed by atoms with Gasteiger partial charge in [-0.2, -0.15) is 0 Å². The highest BCUT2D eigenvalue weighted by Gasteiger charge is 2.15. The van der Waals surface area contributed by atoms with Crippen molar-refractivity contribution in [3.05, 3.63) is 119 Å². The minimum Gasteiger partial charge on any atom is -0.457 e. The second kappa shape index (κ2) is 10.2. The smallest absolute Gasteiger partial charge is 0.272 e. The van der Waals surface area contributed by atoms with E-state index in [1.165, 1.54) is 11.3 Å². The number of benzene rings is 3. The summed E-state index contributed by atoms with van der Waals surface area (Å²) in [4.78, 5) is 26.4. The fraction of sp³-hybridized carbons (Fsp3) is 0. The predicted molar refractivity (Wildman–Crippen MR) is 128 cm³/mol. The number of anilines is 1. The Kier molecular flexibility index (Phi) is 6.75. The molecule has 0 saturated carbocycles. The Balaban J connectivity index is 1.48. The highest BCUT2D eigenvalue weighted by Crippen LogP contribution is 2.23. The summed E-state index contributed by atoms with van der Waals surface area (Å²) >= 11 is 1.48. The van der Waals surface area contributed by atoms with E-state index in [1.807, 2.05) is 53.9 Å². The van der Waals surface area contributed by atoms with E-state index >= 15 is 0 Å². The maximum absolute atomic E-state index is 13.0. The van der Waals surface area contributed by atoms with E-state index in [1.54, 1.807) is 54.6 Å². The molecule has 3 aromatic carbocycles. The van der Waals surface area contributed by atoms with Gasteiger partial charge in [-0.15, -0.1) is 11.3 Å². The number of hydrogen-bond donors (Lipinski definition) is 2. The third-order valence-corrected chi connectivity index (χ3v) is 5.27. The Labute approximate surface area is 190 Å². The van der Waals surface area contributed by atoms with Crippen molar-refractivity contribution in [2.45, 2.75) is 0 Å². The summed E-state index contributed by atoms with van der Waals surface area (Å²) < 4.78 is 5.78. The molecule has 0 atom stereocenters. The number of ether oxygens (including phenoxy) is 1. The molecule has 0 unspecified atom stereocenters. The Hall–Kier alpha value is -4.16. The Bertz CT molecular complexity index is 1200. The zero-order valence-electron chi connectivity index (χ0n) is 17.0. The molecule has 4 aromatic rings. The van der Waals surface area contributed by atoms with Crippen LogP contribution in [0.2, 0.25) is 0 Å². The molecule has 0 fully saturated rings. The average Bonchev–Trinajstić information content (AvgIpc) is 3.34. The number of rotatable bonds is 7. The molecule has 0 aliphatic carbocycles. The van der Waals surface area contributed by atoms with Crippen LogP contribution < -0.4 is 15.4 Å². The number of carbonyl (C=O) groups is 2. The van der Waals surface area contributed by atoms with Crippen molar-refractivity contribution in [2.24, 2.45) is 0 Å². The second-order valence-electron chi connectivity index (χ2n) is 6.79. The third kappa shape index (κ3) is 5.71. The van der Waals surface area contributed by atoms with E-state index in [2.05, 4.69) is 10.6 Å². The van der Waals surface area contributed by atoms with Gasteiger partial charge in [-0.3, -0.25) is 9.59 Å². The van der Waals surface area contributed by atoms with E-state index in [0.29, 0.717) is 17.0 Å². The van der Waals surface area contributed by atoms with Gasteiger partial charge in [0.15, 0.2) is 0 Å². The van der Waals surface area contributed by atoms with Crippen molar-refractivity contribution in [2.75, 3.05) is 5.32 Å². The molecule has 1 heterocycles. The van der Waals surface area contributed by atoms with Crippen LogP contribution in [0.4, 0.5) is 5.69 Å². The molecule has 0 saturated heterocycles. The Morgan fingerprint density at radius 1 is 0.750 bits per heavy atom. The summed E-state index contributed by atoms with van der Waals surface area (Å²) in [6.07, 6.45) is 1.66. The lowest BCUT2D eigenvalue weighted by atomic mass is 10.2. The first kappa shape index (κ1) is 21.1. The zero-order chi connectivity index (χ0) is 22.2. The molecule has 2 N–H and O–H groups in total. The minimum absolute atomic E-state index is 0.158. The van der Waals surface area contributed by atoms with Crippen molar-refractivity contribution in [3.63, 3.8) is 0 Å². The molecule has 1 aromatic heterocycles. The molecule has 6 heteroatoms. The van der Waals surface area contributed by atoms with Gasteiger partial charge in [-0.05, 0) is 66.1 Å². The normalized spacial score (nSPS) is 10.9. The van der Waals surface area contributed by atoms with Crippen LogP contribution in [0.25, 0.3) is 6.08 Å². The standard InChI is InChI=1S/C26H20N2O3S/c29-25(19-8-3-1-4-9-19)28-24(18-23-12-7-17-32-23)26(30)27-20-13-15-22(16-14-20)31-21-10-5-2-6-11-21/h1-18H,(H,27,30)(H,28,29)/b24-18-. The third-order valence-electron chi connectivity index (χ3n) is 4.45. The summed E-state index contributed by atoms with van der Waals surface area (Å²) in [5.41, 5.74) is 1.21. The summed E-state index contributed by atoms with van der Waals surface area (Å²) in [7, 11) is 0. The van der Waals surface area contributed by atoms with Gasteiger partial charge in [0, 0.05) is 16.1 Å². The predicted octanol–water partition coefficient (Wildman–Crippen LogP) is 5.95. The van der Waals surface area contributed by atoms with E-state index in [4.69, 9.17) is 4.74 Å². The molecule has 0 bridgehead atoms. The molecule has 4 rings (SSSR count). The van der Waals surface area contributed by atoms with Crippen LogP contribution in [-0.2, 0) is 4.79 Å².